The lowest BCUT2D eigenvalue weighted by atomic mass is 10.1. The van der Waals surface area contributed by atoms with Gasteiger partial charge in [-0.25, -0.2) is 14.8 Å². The van der Waals surface area contributed by atoms with Crippen molar-refractivity contribution in [1.29, 1.82) is 0 Å². The average molecular weight is 475 g/mol. The zero-order valence-corrected chi connectivity index (χ0v) is 20.1. The van der Waals surface area contributed by atoms with E-state index in [9.17, 15) is 4.79 Å². The van der Waals surface area contributed by atoms with Crippen LogP contribution >= 0.6 is 22.9 Å². The van der Waals surface area contributed by atoms with Gasteiger partial charge in [-0.3, -0.25) is 4.90 Å². The molecule has 1 aliphatic heterocycles. The normalized spacial score (nSPS) is 14.6. The van der Waals surface area contributed by atoms with Gasteiger partial charge in [0.15, 0.2) is 0 Å². The molecule has 9 heteroatoms. The van der Waals surface area contributed by atoms with Gasteiger partial charge in [-0.05, 0) is 31.0 Å². The van der Waals surface area contributed by atoms with Crippen molar-refractivity contribution in [2.75, 3.05) is 44.9 Å². The lowest BCUT2D eigenvalue weighted by Crippen LogP contribution is -2.36. The molecule has 0 atom stereocenters. The summed E-state index contributed by atoms with van der Waals surface area (Å²) in [6.07, 6.45) is 0. The molecule has 1 fully saturated rings. The number of hydrogen-bond donors (Lipinski definition) is 0. The van der Waals surface area contributed by atoms with Gasteiger partial charge in [0.2, 0.25) is 0 Å². The minimum atomic E-state index is -0.317. The summed E-state index contributed by atoms with van der Waals surface area (Å²) in [4.78, 5) is 28.0. The number of aromatic nitrogens is 2. The smallest absolute Gasteiger partial charge is 0.348 e. The summed E-state index contributed by atoms with van der Waals surface area (Å²) in [6.45, 7) is 8.43. The Hall–Kier alpha value is -2.26. The van der Waals surface area contributed by atoms with Crippen molar-refractivity contribution in [2.45, 2.75) is 26.9 Å². The number of nitrogens with zero attached hydrogens (tertiary/aromatic N) is 4. The number of carbonyl (C=O) groups excluding carboxylic acids is 1. The van der Waals surface area contributed by atoms with E-state index in [-0.39, 0.29) is 5.97 Å². The molecule has 1 saturated heterocycles. The Kier molecular flexibility index (Phi) is 7.25. The van der Waals surface area contributed by atoms with Gasteiger partial charge in [0.05, 0.1) is 31.8 Å². The number of aryl methyl sites for hydroxylation is 1. The molecule has 0 N–H and O–H groups in total. The number of morpholine rings is 1. The van der Waals surface area contributed by atoms with E-state index < -0.39 is 0 Å². The first-order chi connectivity index (χ1) is 15.5. The number of rotatable bonds is 7. The molecule has 0 bridgehead atoms. The monoisotopic (exact) mass is 474 g/mol. The molecule has 0 spiro atoms. The Balaban J connectivity index is 1.76. The van der Waals surface area contributed by atoms with Crippen LogP contribution in [-0.2, 0) is 22.6 Å². The number of fused-ring (bicyclic) bond motifs is 1. The first kappa shape index (κ1) is 22.9. The number of esters is 1. The van der Waals surface area contributed by atoms with Gasteiger partial charge in [0, 0.05) is 31.7 Å². The van der Waals surface area contributed by atoms with E-state index in [1.54, 1.807) is 0 Å². The fraction of sp³-hybridized carbons (Fsp3) is 0.435. The van der Waals surface area contributed by atoms with E-state index in [1.807, 2.05) is 45.2 Å². The molecule has 0 saturated carbocycles. The summed E-state index contributed by atoms with van der Waals surface area (Å²) in [6, 6.07) is 7.79. The summed E-state index contributed by atoms with van der Waals surface area (Å²) in [7, 11) is 1.99. The van der Waals surface area contributed by atoms with E-state index in [0.717, 1.165) is 46.1 Å². The van der Waals surface area contributed by atoms with E-state index >= 15 is 0 Å². The van der Waals surface area contributed by atoms with Crippen molar-refractivity contribution in [3.05, 3.63) is 51.1 Å². The molecule has 0 aliphatic carbocycles. The second kappa shape index (κ2) is 10.1. The predicted octanol–water partition coefficient (Wildman–Crippen LogP) is 4.30. The van der Waals surface area contributed by atoms with E-state index in [1.165, 1.54) is 11.3 Å². The molecular weight excluding hydrogens is 448 g/mol. The summed E-state index contributed by atoms with van der Waals surface area (Å²) in [5.41, 5.74) is 1.86. The Morgan fingerprint density at radius 3 is 2.75 bits per heavy atom. The van der Waals surface area contributed by atoms with Crippen LogP contribution in [0.15, 0.2) is 24.3 Å². The van der Waals surface area contributed by atoms with Gasteiger partial charge in [-0.1, -0.05) is 29.8 Å². The van der Waals surface area contributed by atoms with E-state index in [4.69, 9.17) is 31.0 Å². The van der Waals surface area contributed by atoms with Gasteiger partial charge in [-0.2, -0.15) is 0 Å². The fourth-order valence-corrected chi connectivity index (χ4v) is 5.10. The topological polar surface area (TPSA) is 67.8 Å². The second-order valence-electron chi connectivity index (χ2n) is 7.76. The number of carbonyl (C=O) groups is 1. The van der Waals surface area contributed by atoms with Crippen LogP contribution < -0.4 is 4.90 Å². The Labute approximate surface area is 196 Å². The minimum absolute atomic E-state index is 0.317. The lowest BCUT2D eigenvalue weighted by molar-refractivity contribution is 0.0331. The third-order valence-corrected chi connectivity index (χ3v) is 7.01. The second-order valence-corrected chi connectivity index (χ2v) is 9.16. The van der Waals surface area contributed by atoms with Gasteiger partial charge in [-0.15, -0.1) is 11.3 Å². The van der Waals surface area contributed by atoms with Crippen LogP contribution in [0.3, 0.4) is 0 Å². The highest BCUT2D eigenvalue weighted by atomic mass is 35.5. The van der Waals surface area contributed by atoms with Crippen molar-refractivity contribution >= 4 is 44.9 Å². The largest absolute Gasteiger partial charge is 0.462 e. The maximum atomic E-state index is 12.5. The molecule has 0 unspecified atom stereocenters. The summed E-state index contributed by atoms with van der Waals surface area (Å²) < 4.78 is 10.7. The first-order valence-electron chi connectivity index (χ1n) is 10.7. The van der Waals surface area contributed by atoms with Crippen LogP contribution in [-0.4, -0.2) is 60.8 Å². The summed E-state index contributed by atoms with van der Waals surface area (Å²) in [5, 5.41) is 1.60. The van der Waals surface area contributed by atoms with E-state index in [2.05, 4.69) is 9.80 Å². The molecule has 0 amide bonds. The van der Waals surface area contributed by atoms with Crippen LogP contribution in [0.1, 0.15) is 33.5 Å². The first-order valence-corrected chi connectivity index (χ1v) is 11.9. The molecule has 2 aromatic heterocycles. The highest BCUT2D eigenvalue weighted by Gasteiger charge is 2.24. The molecule has 170 valence electrons. The minimum Gasteiger partial charge on any atom is -0.462 e. The predicted molar refractivity (Wildman–Crippen MR) is 128 cm³/mol. The van der Waals surface area contributed by atoms with Crippen LogP contribution in [0.2, 0.25) is 5.02 Å². The van der Waals surface area contributed by atoms with Gasteiger partial charge >= 0.3 is 5.97 Å². The zero-order valence-electron chi connectivity index (χ0n) is 18.6. The highest BCUT2D eigenvalue weighted by Crippen LogP contribution is 2.36. The molecule has 3 heterocycles. The zero-order chi connectivity index (χ0) is 22.7. The molecule has 4 rings (SSSR count). The van der Waals surface area contributed by atoms with Crippen LogP contribution in [0, 0.1) is 6.92 Å². The van der Waals surface area contributed by atoms with Gasteiger partial charge in [0.1, 0.15) is 21.3 Å². The van der Waals surface area contributed by atoms with Crippen molar-refractivity contribution in [3.63, 3.8) is 0 Å². The van der Waals surface area contributed by atoms with Gasteiger partial charge < -0.3 is 14.4 Å². The molecule has 32 heavy (non-hydrogen) atoms. The fourth-order valence-electron chi connectivity index (χ4n) is 3.82. The van der Waals surface area contributed by atoms with Crippen molar-refractivity contribution in [2.24, 2.45) is 0 Å². The lowest BCUT2D eigenvalue weighted by Gasteiger charge is -2.26. The standard InChI is InChI=1S/C23H27ClN4O3S/c1-4-31-23(29)20-15(2)19-21(27(3)13-16-7-5-6-8-17(16)24)25-18(26-22(19)32-20)14-28-9-11-30-12-10-28/h5-8H,4,9-14H2,1-3H3. The Morgan fingerprint density at radius 2 is 2.03 bits per heavy atom. The third kappa shape index (κ3) is 4.88. The highest BCUT2D eigenvalue weighted by molar-refractivity contribution is 7.20. The molecule has 1 aromatic carbocycles. The SMILES string of the molecule is CCOC(=O)c1sc2nc(CN3CCOCC3)nc(N(C)Cc3ccccc3Cl)c2c1C. The molecular formula is C23H27ClN4O3S. The maximum absolute atomic E-state index is 12.5. The van der Waals surface area contributed by atoms with Crippen LogP contribution in [0.5, 0.6) is 0 Å². The Bertz CT molecular complexity index is 1110. The number of ether oxygens (including phenoxy) is 2. The average Bonchev–Trinajstić information content (AvgIpc) is 3.12. The van der Waals surface area contributed by atoms with Crippen LogP contribution in [0.4, 0.5) is 5.82 Å². The van der Waals surface area contributed by atoms with Crippen molar-refractivity contribution < 1.29 is 14.3 Å². The number of thiophene rings is 1. The molecule has 3 aromatic rings. The maximum Gasteiger partial charge on any atom is 0.348 e. The van der Waals surface area contributed by atoms with Crippen molar-refractivity contribution in [1.82, 2.24) is 14.9 Å². The van der Waals surface area contributed by atoms with Gasteiger partial charge in [0.25, 0.3) is 0 Å². The summed E-state index contributed by atoms with van der Waals surface area (Å²) >= 11 is 7.78. The molecule has 1 aliphatic rings. The quantitative estimate of drug-likeness (QED) is 0.473. The molecule has 0 radical (unpaired) electrons. The number of hydrogen-bond acceptors (Lipinski definition) is 8. The number of halogens is 1. The molecule has 7 nitrogen and oxygen atoms in total. The van der Waals surface area contributed by atoms with Crippen molar-refractivity contribution in [3.8, 4) is 0 Å². The Morgan fingerprint density at radius 1 is 1.28 bits per heavy atom. The van der Waals surface area contributed by atoms with E-state index in [0.29, 0.717) is 42.8 Å². The summed E-state index contributed by atoms with van der Waals surface area (Å²) in [5.74, 6) is 1.21. The number of benzene rings is 1. The third-order valence-electron chi connectivity index (χ3n) is 5.47. The number of anilines is 1. The van der Waals surface area contributed by atoms with Crippen LogP contribution in [0.25, 0.3) is 10.2 Å².